The van der Waals surface area contributed by atoms with Crippen molar-refractivity contribution in [2.45, 2.75) is 6.54 Å². The highest BCUT2D eigenvalue weighted by atomic mass is 35.5. The highest BCUT2D eigenvalue weighted by molar-refractivity contribution is 6.29. The smallest absolute Gasteiger partial charge is 0.149 e. The van der Waals surface area contributed by atoms with Gasteiger partial charge in [-0.25, -0.2) is 4.98 Å². The molecule has 6 nitrogen and oxygen atoms in total. The Morgan fingerprint density at radius 1 is 1.27 bits per heavy atom. The standard InChI is InChI=1S/C8H9ClN6/c9-7-3-10-4-8(14-7)11-1-2-15-5-12-13-6-15/h3-6H,1-2H2,(H,11,14). The van der Waals surface area contributed by atoms with Crippen molar-refractivity contribution in [3.63, 3.8) is 0 Å². The molecule has 0 saturated heterocycles. The fourth-order valence-corrected chi connectivity index (χ4v) is 1.23. The minimum absolute atomic E-state index is 0.379. The first-order valence-electron chi connectivity index (χ1n) is 4.38. The average Bonchev–Trinajstić information content (AvgIpc) is 2.71. The molecule has 0 saturated carbocycles. The molecule has 0 bridgehead atoms. The van der Waals surface area contributed by atoms with Gasteiger partial charge < -0.3 is 9.88 Å². The molecule has 0 unspecified atom stereocenters. The Morgan fingerprint density at radius 2 is 2.07 bits per heavy atom. The van der Waals surface area contributed by atoms with Gasteiger partial charge in [0.25, 0.3) is 0 Å². The van der Waals surface area contributed by atoms with Crippen LogP contribution in [0.4, 0.5) is 5.82 Å². The minimum atomic E-state index is 0.379. The van der Waals surface area contributed by atoms with E-state index in [1.54, 1.807) is 18.9 Å². The van der Waals surface area contributed by atoms with Crippen molar-refractivity contribution in [2.75, 3.05) is 11.9 Å². The zero-order valence-corrected chi connectivity index (χ0v) is 8.59. The van der Waals surface area contributed by atoms with Crippen molar-refractivity contribution in [3.8, 4) is 0 Å². The Bertz CT molecular complexity index is 415. The zero-order chi connectivity index (χ0) is 10.5. The van der Waals surface area contributed by atoms with E-state index in [1.165, 1.54) is 6.20 Å². The van der Waals surface area contributed by atoms with Crippen LogP contribution in [0.3, 0.4) is 0 Å². The number of hydrogen-bond acceptors (Lipinski definition) is 5. The van der Waals surface area contributed by atoms with Crippen LogP contribution in [0.5, 0.6) is 0 Å². The molecule has 15 heavy (non-hydrogen) atoms. The topological polar surface area (TPSA) is 68.5 Å². The van der Waals surface area contributed by atoms with Gasteiger partial charge in [0.15, 0.2) is 0 Å². The van der Waals surface area contributed by atoms with E-state index in [2.05, 4.69) is 25.5 Å². The van der Waals surface area contributed by atoms with Crippen molar-refractivity contribution in [1.82, 2.24) is 24.7 Å². The summed E-state index contributed by atoms with van der Waals surface area (Å²) in [5.41, 5.74) is 0. The average molecular weight is 225 g/mol. The lowest BCUT2D eigenvalue weighted by molar-refractivity contribution is 0.722. The molecule has 0 atom stereocenters. The third kappa shape index (κ3) is 2.88. The zero-order valence-electron chi connectivity index (χ0n) is 7.84. The predicted molar refractivity (Wildman–Crippen MR) is 55.6 cm³/mol. The van der Waals surface area contributed by atoms with Crippen molar-refractivity contribution < 1.29 is 0 Å². The van der Waals surface area contributed by atoms with Gasteiger partial charge in [-0.15, -0.1) is 10.2 Å². The summed E-state index contributed by atoms with van der Waals surface area (Å²) in [6, 6.07) is 0. The van der Waals surface area contributed by atoms with Gasteiger partial charge in [0.1, 0.15) is 23.6 Å². The van der Waals surface area contributed by atoms with Gasteiger partial charge in [0.05, 0.1) is 12.4 Å². The Labute approximate surface area is 91.3 Å². The van der Waals surface area contributed by atoms with Gasteiger partial charge in [-0.1, -0.05) is 11.6 Å². The van der Waals surface area contributed by atoms with Gasteiger partial charge in [0.2, 0.25) is 0 Å². The molecule has 2 rings (SSSR count). The summed E-state index contributed by atoms with van der Waals surface area (Å²) in [6.45, 7) is 1.48. The van der Waals surface area contributed by atoms with Crippen LogP contribution in [0.2, 0.25) is 5.15 Å². The molecule has 1 N–H and O–H groups in total. The highest BCUT2D eigenvalue weighted by Gasteiger charge is 1.95. The van der Waals surface area contributed by atoms with Crippen LogP contribution in [0.15, 0.2) is 25.0 Å². The van der Waals surface area contributed by atoms with Gasteiger partial charge in [-0.2, -0.15) is 0 Å². The third-order valence-electron chi connectivity index (χ3n) is 1.75. The largest absolute Gasteiger partial charge is 0.367 e. The van der Waals surface area contributed by atoms with Crippen LogP contribution in [0.25, 0.3) is 0 Å². The van der Waals surface area contributed by atoms with Crippen LogP contribution >= 0.6 is 11.6 Å². The maximum Gasteiger partial charge on any atom is 0.149 e. The molecular formula is C8H9ClN6. The summed E-state index contributed by atoms with van der Waals surface area (Å²) in [6.07, 6.45) is 6.43. The van der Waals surface area contributed by atoms with E-state index in [9.17, 15) is 0 Å². The second-order valence-electron chi connectivity index (χ2n) is 2.85. The number of rotatable bonds is 4. The van der Waals surface area contributed by atoms with Crippen molar-refractivity contribution in [3.05, 3.63) is 30.2 Å². The molecule has 0 radical (unpaired) electrons. The lowest BCUT2D eigenvalue weighted by Gasteiger charge is -2.04. The van der Waals surface area contributed by atoms with E-state index in [4.69, 9.17) is 11.6 Å². The molecule has 0 fully saturated rings. The molecular weight excluding hydrogens is 216 g/mol. The number of anilines is 1. The van der Waals surface area contributed by atoms with Crippen molar-refractivity contribution >= 4 is 17.4 Å². The number of hydrogen-bond donors (Lipinski definition) is 1. The monoisotopic (exact) mass is 224 g/mol. The second kappa shape index (κ2) is 4.70. The molecule has 0 aliphatic rings. The van der Waals surface area contributed by atoms with E-state index in [0.717, 1.165) is 6.54 Å². The van der Waals surface area contributed by atoms with Crippen LogP contribution in [-0.4, -0.2) is 31.3 Å². The lowest BCUT2D eigenvalue weighted by atomic mass is 10.5. The third-order valence-corrected chi connectivity index (χ3v) is 1.93. The van der Waals surface area contributed by atoms with Gasteiger partial charge >= 0.3 is 0 Å². The molecule has 0 aromatic carbocycles. The van der Waals surface area contributed by atoms with E-state index in [-0.39, 0.29) is 0 Å². The fraction of sp³-hybridized carbons (Fsp3) is 0.250. The van der Waals surface area contributed by atoms with Gasteiger partial charge in [-0.05, 0) is 0 Å². The molecule has 2 heterocycles. The first kappa shape index (κ1) is 9.85. The number of nitrogens with zero attached hydrogens (tertiary/aromatic N) is 5. The van der Waals surface area contributed by atoms with Crippen molar-refractivity contribution in [2.24, 2.45) is 0 Å². The SMILES string of the molecule is Clc1cncc(NCCn2cnnc2)n1. The molecule has 2 aromatic rings. The Kier molecular flexibility index (Phi) is 3.08. The summed E-state index contributed by atoms with van der Waals surface area (Å²) in [7, 11) is 0. The summed E-state index contributed by atoms with van der Waals surface area (Å²) in [4.78, 5) is 7.95. The minimum Gasteiger partial charge on any atom is -0.367 e. The van der Waals surface area contributed by atoms with Gasteiger partial charge in [-0.3, -0.25) is 4.98 Å². The van der Waals surface area contributed by atoms with Crippen LogP contribution in [0, 0.1) is 0 Å². The van der Waals surface area contributed by atoms with Crippen LogP contribution in [0.1, 0.15) is 0 Å². The van der Waals surface area contributed by atoms with Crippen molar-refractivity contribution in [1.29, 1.82) is 0 Å². The summed E-state index contributed by atoms with van der Waals surface area (Å²) < 4.78 is 1.87. The first-order valence-corrected chi connectivity index (χ1v) is 4.76. The molecule has 0 aliphatic carbocycles. The quantitative estimate of drug-likeness (QED) is 0.833. The first-order chi connectivity index (χ1) is 7.34. The summed E-state index contributed by atoms with van der Waals surface area (Å²) >= 11 is 5.68. The Hall–Kier alpha value is -1.69. The second-order valence-corrected chi connectivity index (χ2v) is 3.24. The highest BCUT2D eigenvalue weighted by Crippen LogP contribution is 2.05. The van der Waals surface area contributed by atoms with E-state index in [1.807, 2.05) is 4.57 Å². The molecule has 78 valence electrons. The Morgan fingerprint density at radius 3 is 2.80 bits per heavy atom. The number of aromatic nitrogens is 5. The number of halogens is 1. The van der Waals surface area contributed by atoms with E-state index < -0.39 is 0 Å². The molecule has 0 spiro atoms. The lowest BCUT2D eigenvalue weighted by Crippen LogP contribution is -2.10. The molecule has 2 aromatic heterocycles. The Balaban J connectivity index is 1.83. The maximum absolute atomic E-state index is 5.68. The van der Waals surface area contributed by atoms with Crippen LogP contribution in [-0.2, 0) is 6.54 Å². The van der Waals surface area contributed by atoms with E-state index in [0.29, 0.717) is 17.5 Å². The predicted octanol–water partition coefficient (Wildman–Crippen LogP) is 0.834. The van der Waals surface area contributed by atoms with Crippen LogP contribution < -0.4 is 5.32 Å². The fourth-order valence-electron chi connectivity index (χ4n) is 1.08. The molecule has 0 amide bonds. The normalized spacial score (nSPS) is 10.2. The number of nitrogens with one attached hydrogen (secondary N) is 1. The summed E-state index contributed by atoms with van der Waals surface area (Å²) in [5.74, 6) is 0.663. The maximum atomic E-state index is 5.68. The summed E-state index contributed by atoms with van der Waals surface area (Å²) in [5, 5.41) is 10.9. The van der Waals surface area contributed by atoms with E-state index >= 15 is 0 Å². The van der Waals surface area contributed by atoms with Gasteiger partial charge in [0, 0.05) is 13.1 Å². The molecule has 0 aliphatic heterocycles. The molecule has 7 heteroatoms.